The van der Waals surface area contributed by atoms with E-state index in [2.05, 4.69) is 21.0 Å². The van der Waals surface area contributed by atoms with E-state index in [9.17, 15) is 9.90 Å². The number of aromatic carboxylic acids is 1. The summed E-state index contributed by atoms with van der Waals surface area (Å²) in [5.74, 6) is 0.700. The molecule has 1 saturated heterocycles. The molecule has 0 spiro atoms. The number of nitrogens with zero attached hydrogens (tertiary/aromatic N) is 2. The van der Waals surface area contributed by atoms with Crippen LogP contribution in [0.5, 0.6) is 11.5 Å². The van der Waals surface area contributed by atoms with Crippen molar-refractivity contribution in [2.75, 3.05) is 20.2 Å². The fourth-order valence-corrected chi connectivity index (χ4v) is 4.85. The largest absolute Gasteiger partial charge is 0.497 e. The average molecular weight is 427 g/mol. The van der Waals surface area contributed by atoms with Gasteiger partial charge in [-0.1, -0.05) is 0 Å². The van der Waals surface area contributed by atoms with Gasteiger partial charge in [0.15, 0.2) is 0 Å². The predicted molar refractivity (Wildman–Crippen MR) is 119 cm³/mol. The molecule has 2 aromatic carbocycles. The van der Waals surface area contributed by atoms with Gasteiger partial charge in [-0.2, -0.15) is 0 Å². The first kappa shape index (κ1) is 20.6. The summed E-state index contributed by atoms with van der Waals surface area (Å²) in [4.78, 5) is 12.9. The summed E-state index contributed by atoms with van der Waals surface area (Å²) in [5.41, 5.74) is 1.23. The summed E-state index contributed by atoms with van der Waals surface area (Å²) < 4.78 is 15.5. The molecular formula is C23H26N2O4S. The molecule has 4 rings (SSSR count). The number of hydrogen-bond donors (Lipinski definition) is 1. The van der Waals surface area contributed by atoms with Crippen LogP contribution in [0.15, 0.2) is 53.6 Å². The minimum absolute atomic E-state index is 0.161. The molecule has 2 heterocycles. The highest BCUT2D eigenvalue weighted by Crippen LogP contribution is 2.36. The summed E-state index contributed by atoms with van der Waals surface area (Å²) in [6.45, 7) is 5.81. The van der Waals surface area contributed by atoms with Crippen molar-refractivity contribution in [2.24, 2.45) is 0 Å². The van der Waals surface area contributed by atoms with Crippen molar-refractivity contribution in [3.63, 3.8) is 0 Å². The molecule has 1 fully saturated rings. The molecule has 0 saturated carbocycles. The van der Waals surface area contributed by atoms with Crippen LogP contribution in [0.3, 0.4) is 0 Å². The summed E-state index contributed by atoms with van der Waals surface area (Å²) in [6, 6.07) is 13.9. The van der Waals surface area contributed by atoms with Gasteiger partial charge in [0.05, 0.1) is 24.3 Å². The Morgan fingerprint density at radius 2 is 1.90 bits per heavy atom. The summed E-state index contributed by atoms with van der Waals surface area (Å²) in [6.07, 6.45) is 2.89. The molecule has 1 N–H and O–H groups in total. The lowest BCUT2D eigenvalue weighted by Gasteiger charge is -2.17. The van der Waals surface area contributed by atoms with Crippen LogP contribution in [-0.4, -0.2) is 46.3 Å². The number of aromatic nitrogens is 1. The number of hydrogen-bond acceptors (Lipinski definition) is 5. The molecule has 6 nitrogen and oxygen atoms in total. The van der Waals surface area contributed by atoms with Gasteiger partial charge in [0, 0.05) is 41.7 Å². The highest BCUT2D eigenvalue weighted by atomic mass is 32.2. The van der Waals surface area contributed by atoms with E-state index in [1.165, 1.54) is 0 Å². The van der Waals surface area contributed by atoms with Crippen LogP contribution >= 0.6 is 11.9 Å². The fourth-order valence-electron chi connectivity index (χ4n) is 3.85. The number of rotatable bonds is 7. The van der Waals surface area contributed by atoms with Crippen LogP contribution in [-0.2, 0) is 0 Å². The molecular weight excluding hydrogens is 400 g/mol. The van der Waals surface area contributed by atoms with Crippen LogP contribution in [0.2, 0.25) is 0 Å². The van der Waals surface area contributed by atoms with Crippen molar-refractivity contribution < 1.29 is 19.4 Å². The van der Waals surface area contributed by atoms with Gasteiger partial charge in [0.1, 0.15) is 11.5 Å². The second-order valence-electron chi connectivity index (χ2n) is 7.70. The van der Waals surface area contributed by atoms with Gasteiger partial charge < -0.3 is 19.1 Å². The maximum absolute atomic E-state index is 11.7. The number of carboxylic acids is 1. The van der Waals surface area contributed by atoms with E-state index in [-0.39, 0.29) is 12.1 Å². The molecule has 1 aromatic heterocycles. The molecule has 0 unspecified atom stereocenters. The third kappa shape index (κ3) is 4.27. The summed E-state index contributed by atoms with van der Waals surface area (Å²) in [7, 11) is 1.62. The van der Waals surface area contributed by atoms with E-state index >= 15 is 0 Å². The number of methoxy groups -OCH3 is 1. The second-order valence-corrected chi connectivity index (χ2v) is 8.87. The number of carboxylic acid groups (broad SMARTS) is 1. The molecule has 0 radical (unpaired) electrons. The van der Waals surface area contributed by atoms with Crippen molar-refractivity contribution in [3.05, 3.63) is 54.2 Å². The molecule has 7 heteroatoms. The Balaban J connectivity index is 1.51. The monoisotopic (exact) mass is 426 g/mol. The number of benzene rings is 2. The first-order valence-corrected chi connectivity index (χ1v) is 10.8. The fraction of sp³-hybridized carbons (Fsp3) is 0.348. The zero-order valence-electron chi connectivity index (χ0n) is 17.4. The number of ether oxygens (including phenoxy) is 2. The lowest BCUT2D eigenvalue weighted by molar-refractivity contribution is 0.0698. The first-order chi connectivity index (χ1) is 14.4. The zero-order valence-corrected chi connectivity index (χ0v) is 18.2. The maximum Gasteiger partial charge on any atom is 0.337 e. The smallest absolute Gasteiger partial charge is 0.337 e. The number of carbonyl (C=O) groups is 1. The van der Waals surface area contributed by atoms with Crippen molar-refractivity contribution in [1.29, 1.82) is 0 Å². The van der Waals surface area contributed by atoms with Gasteiger partial charge >= 0.3 is 5.97 Å². The first-order valence-electron chi connectivity index (χ1n) is 10.1. The van der Waals surface area contributed by atoms with Crippen LogP contribution in [0.25, 0.3) is 10.9 Å². The Labute approximate surface area is 180 Å². The topological polar surface area (TPSA) is 63.9 Å². The standard InChI is InChI=1S/C23H26N2O4S/c1-15(2)29-17-4-7-19(8-5-17)30-24-11-10-16(13-24)25-14-21(23(26)27)20-9-6-18(28-3)12-22(20)25/h4-9,12,14-16H,10-11,13H2,1-3H3,(H,26,27)/t16-/m1/s1. The lowest BCUT2D eigenvalue weighted by Crippen LogP contribution is -2.14. The third-order valence-electron chi connectivity index (χ3n) is 5.22. The molecule has 1 aliphatic rings. The van der Waals surface area contributed by atoms with Crippen molar-refractivity contribution >= 4 is 28.8 Å². The van der Waals surface area contributed by atoms with E-state index in [0.29, 0.717) is 5.56 Å². The van der Waals surface area contributed by atoms with Gasteiger partial charge in [-0.25, -0.2) is 9.10 Å². The summed E-state index contributed by atoms with van der Waals surface area (Å²) in [5, 5.41) is 10.4. The molecule has 1 aliphatic heterocycles. The SMILES string of the molecule is COc1ccc2c(C(=O)O)cn([C@@H]3CCN(Sc4ccc(OC(C)C)cc4)C3)c2c1. The quantitative estimate of drug-likeness (QED) is 0.531. The Hall–Kier alpha value is -2.64. The van der Waals surface area contributed by atoms with E-state index in [1.807, 2.05) is 44.2 Å². The van der Waals surface area contributed by atoms with E-state index in [4.69, 9.17) is 9.47 Å². The molecule has 158 valence electrons. The summed E-state index contributed by atoms with van der Waals surface area (Å²) >= 11 is 1.73. The van der Waals surface area contributed by atoms with Gasteiger partial charge in [-0.15, -0.1) is 0 Å². The van der Waals surface area contributed by atoms with Crippen LogP contribution in [0.4, 0.5) is 0 Å². The van der Waals surface area contributed by atoms with E-state index in [1.54, 1.807) is 25.3 Å². The van der Waals surface area contributed by atoms with Crippen LogP contribution in [0.1, 0.15) is 36.7 Å². The normalized spacial score (nSPS) is 17.0. The molecule has 0 aliphatic carbocycles. The van der Waals surface area contributed by atoms with Gasteiger partial charge in [0.25, 0.3) is 0 Å². The molecule has 1 atom stereocenters. The molecule has 30 heavy (non-hydrogen) atoms. The highest BCUT2D eigenvalue weighted by Gasteiger charge is 2.27. The maximum atomic E-state index is 11.7. The Kier molecular flexibility index (Phi) is 5.92. The second kappa shape index (κ2) is 8.62. The average Bonchev–Trinajstić information content (AvgIpc) is 3.33. The van der Waals surface area contributed by atoms with Gasteiger partial charge in [-0.3, -0.25) is 0 Å². The predicted octanol–water partition coefficient (Wildman–Crippen LogP) is 5.09. The van der Waals surface area contributed by atoms with E-state index < -0.39 is 5.97 Å². The lowest BCUT2D eigenvalue weighted by atomic mass is 10.1. The highest BCUT2D eigenvalue weighted by molar-refractivity contribution is 7.97. The Morgan fingerprint density at radius 3 is 2.57 bits per heavy atom. The molecule has 3 aromatic rings. The van der Waals surface area contributed by atoms with Gasteiger partial charge in [0.2, 0.25) is 0 Å². The van der Waals surface area contributed by atoms with Crippen molar-refractivity contribution in [1.82, 2.24) is 8.87 Å². The van der Waals surface area contributed by atoms with E-state index in [0.717, 1.165) is 46.8 Å². The van der Waals surface area contributed by atoms with Crippen LogP contribution < -0.4 is 9.47 Å². The Morgan fingerprint density at radius 1 is 1.17 bits per heavy atom. The number of fused-ring (bicyclic) bond motifs is 1. The third-order valence-corrected chi connectivity index (χ3v) is 6.29. The van der Waals surface area contributed by atoms with Crippen LogP contribution in [0, 0.1) is 0 Å². The molecule has 0 amide bonds. The zero-order chi connectivity index (χ0) is 21.3. The minimum atomic E-state index is -0.906. The van der Waals surface area contributed by atoms with Gasteiger partial charge in [-0.05, 0) is 68.6 Å². The van der Waals surface area contributed by atoms with Crippen molar-refractivity contribution in [2.45, 2.75) is 37.3 Å². The molecule has 0 bridgehead atoms. The minimum Gasteiger partial charge on any atom is -0.497 e. The van der Waals surface area contributed by atoms with Crippen molar-refractivity contribution in [3.8, 4) is 11.5 Å². The Bertz CT molecular complexity index is 1050.